The van der Waals surface area contributed by atoms with Gasteiger partial charge >= 0.3 is 0 Å². The number of hydrogen-bond donors (Lipinski definition) is 1. The molecule has 0 fully saturated rings. The topological polar surface area (TPSA) is 64.4 Å². The first kappa shape index (κ1) is 15.8. The van der Waals surface area contributed by atoms with E-state index in [0.29, 0.717) is 17.7 Å². The molecule has 0 saturated carbocycles. The number of ether oxygens (including phenoxy) is 1. The van der Waals surface area contributed by atoms with E-state index in [-0.39, 0.29) is 5.91 Å². The molecular formula is C19H18N2O3. The number of carbonyl (C=O) groups is 1. The minimum absolute atomic E-state index is 0.148. The van der Waals surface area contributed by atoms with Crippen LogP contribution < -0.4 is 10.1 Å². The van der Waals surface area contributed by atoms with Crippen LogP contribution in [0.1, 0.15) is 21.7 Å². The maximum Gasteiger partial charge on any atom is 0.251 e. The molecule has 3 rings (SSSR count). The second kappa shape index (κ2) is 7.00. The summed E-state index contributed by atoms with van der Waals surface area (Å²) in [5, 5.41) is 6.75. The fourth-order valence-corrected chi connectivity index (χ4v) is 2.51. The predicted octanol–water partition coefficient (Wildman–Crippen LogP) is 3.30. The van der Waals surface area contributed by atoms with Crippen molar-refractivity contribution in [2.45, 2.75) is 6.42 Å². The molecule has 1 amide bonds. The highest BCUT2D eigenvalue weighted by atomic mass is 16.5. The first-order valence-electron chi connectivity index (χ1n) is 7.61. The third-order valence-electron chi connectivity index (χ3n) is 3.77. The fraction of sp³-hybridized carbons (Fsp3) is 0.158. The van der Waals surface area contributed by atoms with Crippen molar-refractivity contribution >= 4 is 5.91 Å². The molecule has 24 heavy (non-hydrogen) atoms. The highest BCUT2D eigenvalue weighted by Gasteiger charge is 2.14. The Hall–Kier alpha value is -3.08. The Kier molecular flexibility index (Phi) is 4.61. The molecule has 0 bridgehead atoms. The molecule has 122 valence electrons. The molecule has 3 aromatic rings. The zero-order valence-electron chi connectivity index (χ0n) is 13.6. The van der Waals surface area contributed by atoms with E-state index in [1.165, 1.54) is 0 Å². The second-order valence-electron chi connectivity index (χ2n) is 5.33. The van der Waals surface area contributed by atoms with Crippen LogP contribution in [0.4, 0.5) is 0 Å². The Morgan fingerprint density at radius 3 is 2.62 bits per heavy atom. The van der Waals surface area contributed by atoms with Crippen molar-refractivity contribution in [3.05, 3.63) is 71.5 Å². The maximum atomic E-state index is 12.0. The first-order valence-corrected chi connectivity index (χ1v) is 7.61. The standard InChI is InChI=1S/C19H18N2O3/c1-20-19(22)17-6-4-3-5-16(17)18-12-15(24-21-18)11-13-7-9-14(23-2)10-8-13/h3-10,12H,11H2,1-2H3,(H,20,22). The minimum Gasteiger partial charge on any atom is -0.497 e. The van der Waals surface area contributed by atoms with Gasteiger partial charge in [0.05, 0.1) is 7.11 Å². The number of nitrogens with zero attached hydrogens (tertiary/aromatic N) is 1. The molecule has 0 unspecified atom stereocenters. The SMILES string of the molecule is CNC(=O)c1ccccc1-c1cc(Cc2ccc(OC)cc2)on1. The smallest absolute Gasteiger partial charge is 0.251 e. The zero-order valence-corrected chi connectivity index (χ0v) is 13.6. The van der Waals surface area contributed by atoms with Gasteiger partial charge in [0, 0.05) is 30.7 Å². The number of methoxy groups -OCH3 is 1. The van der Waals surface area contributed by atoms with Gasteiger partial charge in [-0.2, -0.15) is 0 Å². The molecule has 0 atom stereocenters. The van der Waals surface area contributed by atoms with E-state index >= 15 is 0 Å². The summed E-state index contributed by atoms with van der Waals surface area (Å²) in [6, 6.07) is 17.0. The monoisotopic (exact) mass is 322 g/mol. The Balaban J connectivity index is 1.84. The van der Waals surface area contributed by atoms with E-state index in [9.17, 15) is 4.79 Å². The molecular weight excluding hydrogens is 304 g/mol. The number of benzene rings is 2. The molecule has 1 aromatic heterocycles. The maximum absolute atomic E-state index is 12.0. The largest absolute Gasteiger partial charge is 0.497 e. The van der Waals surface area contributed by atoms with Gasteiger partial charge in [-0.25, -0.2) is 0 Å². The van der Waals surface area contributed by atoms with E-state index in [1.807, 2.05) is 48.5 Å². The van der Waals surface area contributed by atoms with E-state index < -0.39 is 0 Å². The molecule has 0 spiro atoms. The highest BCUT2D eigenvalue weighted by Crippen LogP contribution is 2.24. The van der Waals surface area contributed by atoms with Crippen LogP contribution in [-0.4, -0.2) is 25.2 Å². The van der Waals surface area contributed by atoms with Gasteiger partial charge in [0.15, 0.2) is 0 Å². The lowest BCUT2D eigenvalue weighted by Crippen LogP contribution is -2.18. The first-order chi connectivity index (χ1) is 11.7. The van der Waals surface area contributed by atoms with Crippen molar-refractivity contribution in [3.8, 4) is 17.0 Å². The Morgan fingerprint density at radius 1 is 1.17 bits per heavy atom. The van der Waals surface area contributed by atoms with E-state index in [2.05, 4.69) is 10.5 Å². The van der Waals surface area contributed by atoms with Crippen molar-refractivity contribution in [2.75, 3.05) is 14.2 Å². The minimum atomic E-state index is -0.148. The molecule has 0 aliphatic heterocycles. The number of aromatic nitrogens is 1. The van der Waals surface area contributed by atoms with Gasteiger partial charge in [0.25, 0.3) is 5.91 Å². The molecule has 1 N–H and O–H groups in total. The summed E-state index contributed by atoms with van der Waals surface area (Å²) in [7, 11) is 3.25. The van der Waals surface area contributed by atoms with Crippen LogP contribution >= 0.6 is 0 Å². The van der Waals surface area contributed by atoms with Gasteiger partial charge in [-0.1, -0.05) is 35.5 Å². The number of nitrogens with one attached hydrogen (secondary N) is 1. The van der Waals surface area contributed by atoms with Crippen LogP contribution in [0.25, 0.3) is 11.3 Å². The molecule has 0 aliphatic rings. The van der Waals surface area contributed by atoms with Crippen molar-refractivity contribution in [2.24, 2.45) is 0 Å². The normalized spacial score (nSPS) is 10.4. The van der Waals surface area contributed by atoms with Crippen molar-refractivity contribution in [3.63, 3.8) is 0 Å². The van der Waals surface area contributed by atoms with Gasteiger partial charge < -0.3 is 14.6 Å². The summed E-state index contributed by atoms with van der Waals surface area (Å²) in [6.07, 6.45) is 0.624. The molecule has 0 radical (unpaired) electrons. The number of rotatable bonds is 5. The van der Waals surface area contributed by atoms with Crippen molar-refractivity contribution in [1.82, 2.24) is 10.5 Å². The zero-order chi connectivity index (χ0) is 16.9. The van der Waals surface area contributed by atoms with Crippen LogP contribution in [-0.2, 0) is 6.42 Å². The van der Waals surface area contributed by atoms with Gasteiger partial charge in [0.2, 0.25) is 0 Å². The highest BCUT2D eigenvalue weighted by molar-refractivity contribution is 6.00. The van der Waals surface area contributed by atoms with Gasteiger partial charge in [-0.05, 0) is 23.8 Å². The molecule has 1 heterocycles. The van der Waals surface area contributed by atoms with Crippen LogP contribution in [0, 0.1) is 0 Å². The van der Waals surface area contributed by atoms with Crippen LogP contribution in [0.5, 0.6) is 5.75 Å². The molecule has 5 heteroatoms. The van der Waals surface area contributed by atoms with Gasteiger partial charge in [-0.3, -0.25) is 4.79 Å². The van der Waals surface area contributed by atoms with Crippen LogP contribution in [0.15, 0.2) is 59.1 Å². The summed E-state index contributed by atoms with van der Waals surface area (Å²) in [6.45, 7) is 0. The van der Waals surface area contributed by atoms with Gasteiger partial charge in [-0.15, -0.1) is 0 Å². The second-order valence-corrected chi connectivity index (χ2v) is 5.33. The quantitative estimate of drug-likeness (QED) is 0.783. The lowest BCUT2D eigenvalue weighted by molar-refractivity contribution is 0.0963. The number of carbonyl (C=O) groups excluding carboxylic acids is 1. The van der Waals surface area contributed by atoms with E-state index in [0.717, 1.165) is 22.6 Å². The summed E-state index contributed by atoms with van der Waals surface area (Å²) in [5.41, 5.74) is 3.07. The Bertz CT molecular complexity index is 838. The summed E-state index contributed by atoms with van der Waals surface area (Å²) >= 11 is 0. The third kappa shape index (κ3) is 3.30. The molecule has 0 saturated heterocycles. The number of hydrogen-bond acceptors (Lipinski definition) is 4. The van der Waals surface area contributed by atoms with Crippen molar-refractivity contribution in [1.29, 1.82) is 0 Å². The average Bonchev–Trinajstić information content (AvgIpc) is 3.10. The van der Waals surface area contributed by atoms with Crippen LogP contribution in [0.2, 0.25) is 0 Å². The van der Waals surface area contributed by atoms with Crippen molar-refractivity contribution < 1.29 is 14.1 Å². The van der Waals surface area contributed by atoms with Crippen LogP contribution in [0.3, 0.4) is 0 Å². The average molecular weight is 322 g/mol. The number of amides is 1. The van der Waals surface area contributed by atoms with E-state index in [4.69, 9.17) is 9.26 Å². The van der Waals surface area contributed by atoms with Gasteiger partial charge in [0.1, 0.15) is 17.2 Å². The Morgan fingerprint density at radius 2 is 1.92 bits per heavy atom. The third-order valence-corrected chi connectivity index (χ3v) is 3.77. The fourth-order valence-electron chi connectivity index (χ4n) is 2.51. The molecule has 5 nitrogen and oxygen atoms in total. The molecule has 2 aromatic carbocycles. The predicted molar refractivity (Wildman–Crippen MR) is 91.1 cm³/mol. The lowest BCUT2D eigenvalue weighted by Gasteiger charge is -2.04. The Labute approximate surface area is 140 Å². The summed E-state index contributed by atoms with van der Waals surface area (Å²) in [5.74, 6) is 1.41. The summed E-state index contributed by atoms with van der Waals surface area (Å²) in [4.78, 5) is 12.0. The summed E-state index contributed by atoms with van der Waals surface area (Å²) < 4.78 is 10.6. The molecule has 0 aliphatic carbocycles. The lowest BCUT2D eigenvalue weighted by atomic mass is 10.0. The van der Waals surface area contributed by atoms with E-state index in [1.54, 1.807) is 20.2 Å².